The first-order valence-electron chi connectivity index (χ1n) is 5.60. The fourth-order valence-corrected chi connectivity index (χ4v) is 1.87. The van der Waals surface area contributed by atoms with E-state index in [2.05, 4.69) is 17.2 Å². The van der Waals surface area contributed by atoms with Gasteiger partial charge in [0.15, 0.2) is 0 Å². The van der Waals surface area contributed by atoms with E-state index in [0.29, 0.717) is 0 Å². The molecular formula is C13H18N2O. The number of H-pyrrole nitrogens is 1. The summed E-state index contributed by atoms with van der Waals surface area (Å²) in [5, 5.41) is 1.24. The van der Waals surface area contributed by atoms with Crippen LogP contribution in [0.5, 0.6) is 5.75 Å². The van der Waals surface area contributed by atoms with Gasteiger partial charge in [0.25, 0.3) is 0 Å². The standard InChI is InChI=1S/C13H18N2O/c1-9(14)3-4-10-8-15-13-6-5-11(16-2)7-12(10)13/h5-9,15H,3-4,14H2,1-2H3/t9-/m1/s1. The highest BCUT2D eigenvalue weighted by atomic mass is 16.5. The van der Waals surface area contributed by atoms with Crippen LogP contribution < -0.4 is 10.5 Å². The number of aromatic nitrogens is 1. The van der Waals surface area contributed by atoms with E-state index in [4.69, 9.17) is 10.5 Å². The molecule has 0 spiro atoms. The number of nitrogens with one attached hydrogen (secondary N) is 1. The summed E-state index contributed by atoms with van der Waals surface area (Å²) in [6.07, 6.45) is 4.07. The van der Waals surface area contributed by atoms with Crippen molar-refractivity contribution in [3.8, 4) is 5.75 Å². The van der Waals surface area contributed by atoms with E-state index < -0.39 is 0 Å². The highest BCUT2D eigenvalue weighted by Crippen LogP contribution is 2.24. The Hall–Kier alpha value is -1.48. The lowest BCUT2D eigenvalue weighted by Gasteiger charge is -2.04. The van der Waals surface area contributed by atoms with Crippen LogP contribution in [0.25, 0.3) is 10.9 Å². The molecule has 3 N–H and O–H groups in total. The Balaban J connectivity index is 2.30. The summed E-state index contributed by atoms with van der Waals surface area (Å²) in [5.41, 5.74) is 8.24. The van der Waals surface area contributed by atoms with Gasteiger partial charge in [-0.15, -0.1) is 0 Å². The summed E-state index contributed by atoms with van der Waals surface area (Å²) < 4.78 is 5.23. The minimum Gasteiger partial charge on any atom is -0.497 e. The Kier molecular flexibility index (Phi) is 3.15. The first-order chi connectivity index (χ1) is 7.70. The van der Waals surface area contributed by atoms with Gasteiger partial charge in [-0.25, -0.2) is 0 Å². The van der Waals surface area contributed by atoms with Gasteiger partial charge < -0.3 is 15.5 Å². The first-order valence-corrected chi connectivity index (χ1v) is 5.60. The molecule has 16 heavy (non-hydrogen) atoms. The highest BCUT2D eigenvalue weighted by Gasteiger charge is 2.05. The second kappa shape index (κ2) is 4.58. The van der Waals surface area contributed by atoms with Gasteiger partial charge >= 0.3 is 0 Å². The van der Waals surface area contributed by atoms with Gasteiger partial charge in [0.1, 0.15) is 5.75 Å². The fraction of sp³-hybridized carbons (Fsp3) is 0.385. The van der Waals surface area contributed by atoms with Gasteiger partial charge in [-0.2, -0.15) is 0 Å². The minimum absolute atomic E-state index is 0.246. The zero-order valence-electron chi connectivity index (χ0n) is 9.79. The molecule has 2 rings (SSSR count). The Bertz CT molecular complexity index is 474. The van der Waals surface area contributed by atoms with Crippen LogP contribution >= 0.6 is 0 Å². The molecule has 3 heteroatoms. The van der Waals surface area contributed by atoms with Crippen molar-refractivity contribution < 1.29 is 4.74 Å². The van der Waals surface area contributed by atoms with Crippen LogP contribution in [0.4, 0.5) is 0 Å². The summed E-state index contributed by atoms with van der Waals surface area (Å²) in [6, 6.07) is 6.33. The van der Waals surface area contributed by atoms with E-state index in [1.807, 2.05) is 19.1 Å². The number of aryl methyl sites for hydroxylation is 1. The molecule has 0 amide bonds. The third kappa shape index (κ3) is 2.19. The predicted octanol–water partition coefficient (Wildman–Crippen LogP) is 2.46. The smallest absolute Gasteiger partial charge is 0.119 e. The monoisotopic (exact) mass is 218 g/mol. The molecule has 0 bridgehead atoms. The number of methoxy groups -OCH3 is 1. The van der Waals surface area contributed by atoms with Crippen molar-refractivity contribution >= 4 is 10.9 Å². The summed E-state index contributed by atoms with van der Waals surface area (Å²) in [4.78, 5) is 3.27. The molecule has 0 saturated carbocycles. The molecule has 1 aromatic carbocycles. The van der Waals surface area contributed by atoms with Crippen molar-refractivity contribution in [2.75, 3.05) is 7.11 Å². The molecule has 0 saturated heterocycles. The maximum Gasteiger partial charge on any atom is 0.119 e. The normalized spacial score (nSPS) is 12.9. The van der Waals surface area contributed by atoms with E-state index in [9.17, 15) is 0 Å². The molecule has 3 nitrogen and oxygen atoms in total. The van der Waals surface area contributed by atoms with Gasteiger partial charge in [-0.3, -0.25) is 0 Å². The zero-order chi connectivity index (χ0) is 11.5. The molecule has 1 aromatic heterocycles. The van der Waals surface area contributed by atoms with Crippen molar-refractivity contribution in [3.63, 3.8) is 0 Å². The topological polar surface area (TPSA) is 51.0 Å². The van der Waals surface area contributed by atoms with E-state index in [-0.39, 0.29) is 6.04 Å². The van der Waals surface area contributed by atoms with Crippen LogP contribution in [0, 0.1) is 0 Å². The lowest BCUT2D eigenvalue weighted by atomic mass is 10.1. The minimum atomic E-state index is 0.246. The zero-order valence-corrected chi connectivity index (χ0v) is 9.79. The lowest BCUT2D eigenvalue weighted by Crippen LogP contribution is -2.15. The van der Waals surface area contributed by atoms with Gasteiger partial charge in [0.05, 0.1) is 7.11 Å². The summed E-state index contributed by atoms with van der Waals surface area (Å²) >= 11 is 0. The number of ether oxygens (including phenoxy) is 1. The second-order valence-corrected chi connectivity index (χ2v) is 4.24. The fourth-order valence-electron chi connectivity index (χ4n) is 1.87. The number of hydrogen-bond donors (Lipinski definition) is 2. The van der Waals surface area contributed by atoms with Gasteiger partial charge in [0, 0.05) is 23.1 Å². The van der Waals surface area contributed by atoms with Gasteiger partial charge in [-0.1, -0.05) is 0 Å². The Morgan fingerprint density at radius 3 is 2.94 bits per heavy atom. The van der Waals surface area contributed by atoms with Crippen LogP contribution in [-0.4, -0.2) is 18.1 Å². The number of fused-ring (bicyclic) bond motifs is 1. The lowest BCUT2D eigenvalue weighted by molar-refractivity contribution is 0.415. The van der Waals surface area contributed by atoms with Crippen LogP contribution in [0.1, 0.15) is 18.9 Å². The Morgan fingerprint density at radius 2 is 2.25 bits per heavy atom. The number of aromatic amines is 1. The quantitative estimate of drug-likeness (QED) is 0.828. The summed E-state index contributed by atoms with van der Waals surface area (Å²) in [6.45, 7) is 2.04. The van der Waals surface area contributed by atoms with Gasteiger partial charge in [0.2, 0.25) is 0 Å². The molecule has 0 aliphatic rings. The van der Waals surface area contributed by atoms with E-state index in [0.717, 1.165) is 24.1 Å². The Morgan fingerprint density at radius 1 is 1.44 bits per heavy atom. The predicted molar refractivity (Wildman–Crippen MR) is 66.8 cm³/mol. The van der Waals surface area contributed by atoms with E-state index in [1.165, 1.54) is 10.9 Å². The molecule has 2 aromatic rings. The molecule has 0 aliphatic heterocycles. The first kappa shape index (κ1) is 11.0. The molecule has 1 atom stereocenters. The summed E-state index contributed by atoms with van der Waals surface area (Å²) in [5.74, 6) is 0.897. The van der Waals surface area contributed by atoms with Crippen molar-refractivity contribution in [1.29, 1.82) is 0 Å². The average Bonchev–Trinajstić information content (AvgIpc) is 2.68. The average molecular weight is 218 g/mol. The van der Waals surface area contributed by atoms with E-state index in [1.54, 1.807) is 7.11 Å². The molecule has 0 fully saturated rings. The van der Waals surface area contributed by atoms with Crippen molar-refractivity contribution in [3.05, 3.63) is 30.0 Å². The van der Waals surface area contributed by atoms with Crippen LogP contribution in [0.15, 0.2) is 24.4 Å². The maximum absolute atomic E-state index is 5.77. The number of benzene rings is 1. The largest absolute Gasteiger partial charge is 0.497 e. The SMILES string of the molecule is COc1ccc2[nH]cc(CC[C@@H](C)N)c2c1. The van der Waals surface area contributed by atoms with Crippen molar-refractivity contribution in [1.82, 2.24) is 4.98 Å². The third-order valence-electron chi connectivity index (χ3n) is 2.84. The van der Waals surface area contributed by atoms with Crippen molar-refractivity contribution in [2.24, 2.45) is 5.73 Å². The molecule has 0 radical (unpaired) electrons. The van der Waals surface area contributed by atoms with Crippen LogP contribution in [-0.2, 0) is 6.42 Å². The number of rotatable bonds is 4. The van der Waals surface area contributed by atoms with Crippen molar-refractivity contribution in [2.45, 2.75) is 25.8 Å². The molecule has 0 aliphatic carbocycles. The molecule has 0 unspecified atom stereocenters. The highest BCUT2D eigenvalue weighted by molar-refractivity contribution is 5.84. The molecular weight excluding hydrogens is 200 g/mol. The van der Waals surface area contributed by atoms with Crippen LogP contribution in [0.3, 0.4) is 0 Å². The second-order valence-electron chi connectivity index (χ2n) is 4.24. The number of hydrogen-bond acceptors (Lipinski definition) is 2. The maximum atomic E-state index is 5.77. The molecule has 1 heterocycles. The molecule has 86 valence electrons. The van der Waals surface area contributed by atoms with Crippen LogP contribution in [0.2, 0.25) is 0 Å². The third-order valence-corrected chi connectivity index (χ3v) is 2.84. The van der Waals surface area contributed by atoms with Gasteiger partial charge in [-0.05, 0) is 43.5 Å². The summed E-state index contributed by atoms with van der Waals surface area (Å²) in [7, 11) is 1.69. The number of nitrogens with two attached hydrogens (primary N) is 1. The Labute approximate surface area is 95.6 Å². The van der Waals surface area contributed by atoms with E-state index >= 15 is 0 Å².